The maximum atomic E-state index is 5.45. The zero-order chi connectivity index (χ0) is 10.3. The molecule has 0 radical (unpaired) electrons. The van der Waals surface area contributed by atoms with Crippen LogP contribution in [-0.4, -0.2) is 7.05 Å². The summed E-state index contributed by atoms with van der Waals surface area (Å²) < 4.78 is 0. The number of nitrogens with zero attached hydrogens (tertiary/aromatic N) is 1. The van der Waals surface area contributed by atoms with Gasteiger partial charge >= 0.3 is 0 Å². The van der Waals surface area contributed by atoms with E-state index in [-0.39, 0.29) is 0 Å². The van der Waals surface area contributed by atoms with Gasteiger partial charge in [-0.05, 0) is 18.1 Å². The van der Waals surface area contributed by atoms with Crippen molar-refractivity contribution < 1.29 is 0 Å². The van der Waals surface area contributed by atoms with E-state index < -0.39 is 0 Å². The van der Waals surface area contributed by atoms with Crippen molar-refractivity contribution in [2.75, 3.05) is 12.1 Å². The van der Waals surface area contributed by atoms with Crippen molar-refractivity contribution in [3.63, 3.8) is 0 Å². The Kier molecular flexibility index (Phi) is 5.98. The average Bonchev–Trinajstić information content (AvgIpc) is 2.05. The van der Waals surface area contributed by atoms with Crippen molar-refractivity contribution in [2.24, 2.45) is 11.8 Å². The molecule has 0 spiro atoms. The zero-order valence-corrected chi connectivity index (χ0v) is 8.99. The van der Waals surface area contributed by atoms with E-state index in [4.69, 9.17) is 5.84 Å². The van der Waals surface area contributed by atoms with Crippen LogP contribution in [0.15, 0.2) is 30.3 Å². The van der Waals surface area contributed by atoms with E-state index in [1.807, 2.05) is 37.4 Å². The predicted molar refractivity (Wildman–Crippen MR) is 59.5 cm³/mol. The van der Waals surface area contributed by atoms with Gasteiger partial charge in [0.1, 0.15) is 0 Å². The summed E-state index contributed by atoms with van der Waals surface area (Å²) in [5.74, 6) is 6.28. The molecule has 0 aliphatic carbocycles. The first-order chi connectivity index (χ1) is 6.04. The van der Waals surface area contributed by atoms with E-state index >= 15 is 0 Å². The largest absolute Gasteiger partial charge is 0.314 e. The van der Waals surface area contributed by atoms with Gasteiger partial charge in [-0.2, -0.15) is 0 Å². The lowest BCUT2D eigenvalue weighted by Gasteiger charge is -2.09. The predicted octanol–water partition coefficient (Wildman–Crippen LogP) is 2.66. The molecule has 0 bridgehead atoms. The normalized spacial score (nSPS) is 9.08. The van der Waals surface area contributed by atoms with Gasteiger partial charge in [-0.3, -0.25) is 0 Å². The fourth-order valence-electron chi connectivity index (χ4n) is 0.663. The quantitative estimate of drug-likeness (QED) is 0.532. The number of nitrogens with two attached hydrogens (primary N) is 1. The Morgan fingerprint density at radius 1 is 1.08 bits per heavy atom. The third kappa shape index (κ3) is 7.34. The lowest BCUT2D eigenvalue weighted by molar-refractivity contribution is 0.737. The molecule has 0 aliphatic heterocycles. The summed E-state index contributed by atoms with van der Waals surface area (Å²) in [6, 6.07) is 9.80. The highest BCUT2D eigenvalue weighted by Crippen LogP contribution is 2.05. The molecule has 0 heterocycles. The Morgan fingerprint density at radius 2 is 1.46 bits per heavy atom. The van der Waals surface area contributed by atoms with Crippen LogP contribution >= 0.6 is 0 Å². The second kappa shape index (κ2) is 6.49. The van der Waals surface area contributed by atoms with E-state index in [2.05, 4.69) is 20.8 Å². The Morgan fingerprint density at radius 3 is 1.69 bits per heavy atom. The molecule has 2 N–H and O–H groups in total. The SMILES string of the molecule is CC(C)C.CN(N)c1ccccc1. The molecule has 0 amide bonds. The van der Waals surface area contributed by atoms with E-state index in [0.29, 0.717) is 0 Å². The second-order valence-electron chi connectivity index (χ2n) is 3.68. The first-order valence-electron chi connectivity index (χ1n) is 4.57. The monoisotopic (exact) mass is 180 g/mol. The summed E-state index contributed by atoms with van der Waals surface area (Å²) in [5.41, 5.74) is 1.03. The highest BCUT2D eigenvalue weighted by atomic mass is 15.4. The number of para-hydroxylation sites is 1. The number of rotatable bonds is 1. The molecule has 0 unspecified atom stereocenters. The van der Waals surface area contributed by atoms with Crippen LogP contribution in [0.2, 0.25) is 0 Å². The number of hydrazine groups is 1. The molecule has 0 atom stereocenters. The Hall–Kier alpha value is -1.02. The number of anilines is 1. The molecular formula is C11H20N2. The Balaban J connectivity index is 0.000000310. The summed E-state index contributed by atoms with van der Waals surface area (Å²) in [7, 11) is 1.81. The molecule has 13 heavy (non-hydrogen) atoms. The first-order valence-corrected chi connectivity index (χ1v) is 4.57. The molecule has 0 aliphatic rings. The molecule has 74 valence electrons. The lowest BCUT2D eigenvalue weighted by Crippen LogP contribution is -2.24. The van der Waals surface area contributed by atoms with Crippen molar-refractivity contribution >= 4 is 5.69 Å². The Labute approximate surface area is 81.3 Å². The summed E-state index contributed by atoms with van der Waals surface area (Å²) >= 11 is 0. The van der Waals surface area contributed by atoms with Gasteiger partial charge in [-0.15, -0.1) is 0 Å². The average molecular weight is 180 g/mol. The second-order valence-corrected chi connectivity index (χ2v) is 3.68. The molecule has 1 aromatic rings. The van der Waals surface area contributed by atoms with E-state index in [1.165, 1.54) is 0 Å². The molecule has 0 saturated heterocycles. The minimum absolute atomic E-state index is 0.833. The minimum Gasteiger partial charge on any atom is -0.314 e. The zero-order valence-electron chi connectivity index (χ0n) is 8.99. The molecule has 2 heteroatoms. The van der Waals surface area contributed by atoms with E-state index in [1.54, 1.807) is 5.01 Å². The molecule has 2 nitrogen and oxygen atoms in total. The molecule has 1 rings (SSSR count). The minimum atomic E-state index is 0.833. The maximum absolute atomic E-state index is 5.45. The van der Waals surface area contributed by atoms with Gasteiger partial charge in [0.05, 0.1) is 5.69 Å². The topological polar surface area (TPSA) is 29.3 Å². The van der Waals surface area contributed by atoms with Gasteiger partial charge in [0.2, 0.25) is 0 Å². The van der Waals surface area contributed by atoms with Gasteiger partial charge in [0, 0.05) is 7.05 Å². The van der Waals surface area contributed by atoms with Crippen molar-refractivity contribution in [3.05, 3.63) is 30.3 Å². The van der Waals surface area contributed by atoms with Crippen LogP contribution in [0.3, 0.4) is 0 Å². The summed E-state index contributed by atoms with van der Waals surface area (Å²) in [6.07, 6.45) is 0. The van der Waals surface area contributed by atoms with Crippen LogP contribution in [0.4, 0.5) is 5.69 Å². The highest BCUT2D eigenvalue weighted by molar-refractivity contribution is 5.42. The van der Waals surface area contributed by atoms with Gasteiger partial charge in [0.25, 0.3) is 0 Å². The molecule has 1 aromatic carbocycles. The van der Waals surface area contributed by atoms with Crippen molar-refractivity contribution in [1.82, 2.24) is 0 Å². The lowest BCUT2D eigenvalue weighted by atomic mass is 10.3. The van der Waals surface area contributed by atoms with Crippen LogP contribution < -0.4 is 10.9 Å². The molecule has 0 saturated carbocycles. The van der Waals surface area contributed by atoms with Crippen molar-refractivity contribution in [3.8, 4) is 0 Å². The first kappa shape index (κ1) is 12.0. The van der Waals surface area contributed by atoms with Crippen LogP contribution in [0.25, 0.3) is 0 Å². The highest BCUT2D eigenvalue weighted by Gasteiger charge is 1.88. The van der Waals surface area contributed by atoms with Crippen molar-refractivity contribution in [1.29, 1.82) is 0 Å². The van der Waals surface area contributed by atoms with Crippen LogP contribution in [-0.2, 0) is 0 Å². The summed E-state index contributed by atoms with van der Waals surface area (Å²) in [6.45, 7) is 6.50. The Bertz CT molecular complexity index is 202. The summed E-state index contributed by atoms with van der Waals surface area (Å²) in [4.78, 5) is 0. The third-order valence-corrected chi connectivity index (χ3v) is 1.16. The molecule has 0 aromatic heterocycles. The standard InChI is InChI=1S/C7H10N2.C4H10/c1-9(8)7-5-3-2-4-6-7;1-4(2)3/h2-6H,8H2,1H3;4H,1-3H3. The van der Waals surface area contributed by atoms with Crippen LogP contribution in [0.5, 0.6) is 0 Å². The maximum Gasteiger partial charge on any atom is 0.0513 e. The van der Waals surface area contributed by atoms with Gasteiger partial charge < -0.3 is 5.01 Å². The van der Waals surface area contributed by atoms with Crippen molar-refractivity contribution in [2.45, 2.75) is 20.8 Å². The number of benzene rings is 1. The van der Waals surface area contributed by atoms with E-state index in [0.717, 1.165) is 11.6 Å². The number of hydrogen-bond donors (Lipinski definition) is 1. The fraction of sp³-hybridized carbons (Fsp3) is 0.455. The third-order valence-electron chi connectivity index (χ3n) is 1.16. The van der Waals surface area contributed by atoms with Gasteiger partial charge in [-0.1, -0.05) is 39.0 Å². The van der Waals surface area contributed by atoms with E-state index in [9.17, 15) is 0 Å². The van der Waals surface area contributed by atoms with Crippen LogP contribution in [0.1, 0.15) is 20.8 Å². The van der Waals surface area contributed by atoms with Crippen LogP contribution in [0, 0.1) is 5.92 Å². The molecular weight excluding hydrogens is 160 g/mol. The smallest absolute Gasteiger partial charge is 0.0513 e. The fourth-order valence-corrected chi connectivity index (χ4v) is 0.663. The summed E-state index contributed by atoms with van der Waals surface area (Å²) in [5, 5.41) is 1.58. The van der Waals surface area contributed by atoms with Gasteiger partial charge in [0.15, 0.2) is 0 Å². The van der Waals surface area contributed by atoms with Gasteiger partial charge in [-0.25, -0.2) is 5.84 Å². The molecule has 0 fully saturated rings. The number of hydrogen-bond acceptors (Lipinski definition) is 2.